The van der Waals surface area contributed by atoms with Crippen LogP contribution in [0.4, 0.5) is 11.4 Å². The van der Waals surface area contributed by atoms with Gasteiger partial charge in [0.05, 0.1) is 12.0 Å². The van der Waals surface area contributed by atoms with E-state index in [2.05, 4.69) is 10.6 Å². The SMILES string of the molecule is Cc1ccc(NCCO[B]C(OC([B]OCCNc2ccc(C)c(Cl)c2)c2ccccc2)c2ccccc2)cc1Cl. The maximum Gasteiger partial charge on any atom is 0.329 e. The number of hydrogen-bond acceptors (Lipinski definition) is 5. The summed E-state index contributed by atoms with van der Waals surface area (Å²) in [6.45, 7) is 6.13. The molecule has 2 atom stereocenters. The van der Waals surface area contributed by atoms with E-state index in [0.717, 1.165) is 43.7 Å². The molecule has 41 heavy (non-hydrogen) atoms. The molecule has 0 amide bonds. The van der Waals surface area contributed by atoms with Crippen molar-refractivity contribution in [2.75, 3.05) is 36.9 Å². The lowest BCUT2D eigenvalue weighted by molar-refractivity contribution is 0.0569. The normalized spacial score (nSPS) is 12.4. The minimum atomic E-state index is -0.414. The molecule has 4 aromatic carbocycles. The van der Waals surface area contributed by atoms with Crippen LogP contribution in [0.5, 0.6) is 0 Å². The fourth-order valence-corrected chi connectivity index (χ4v) is 4.41. The average Bonchev–Trinajstić information content (AvgIpc) is 2.99. The van der Waals surface area contributed by atoms with E-state index in [9.17, 15) is 0 Å². The van der Waals surface area contributed by atoms with Crippen LogP contribution in [0.15, 0.2) is 97.1 Å². The van der Waals surface area contributed by atoms with Gasteiger partial charge in [-0.25, -0.2) is 0 Å². The molecule has 0 aromatic heterocycles. The van der Waals surface area contributed by atoms with Crippen molar-refractivity contribution in [2.45, 2.75) is 25.9 Å². The molecule has 4 aromatic rings. The molecule has 9 heteroatoms. The van der Waals surface area contributed by atoms with E-state index in [1.165, 1.54) is 0 Å². The van der Waals surface area contributed by atoms with Crippen LogP contribution in [0.2, 0.25) is 10.0 Å². The van der Waals surface area contributed by atoms with Crippen LogP contribution in [0.1, 0.15) is 34.3 Å². The number of ether oxygens (including phenoxy) is 1. The van der Waals surface area contributed by atoms with Gasteiger partial charge in [-0.2, -0.15) is 0 Å². The van der Waals surface area contributed by atoms with Crippen molar-refractivity contribution in [3.05, 3.63) is 129 Å². The monoisotopic (exact) mass is 586 g/mol. The second-order valence-electron chi connectivity index (χ2n) is 9.59. The molecule has 2 N–H and O–H groups in total. The smallest absolute Gasteiger partial charge is 0.329 e. The number of rotatable bonds is 16. The zero-order valence-corrected chi connectivity index (χ0v) is 24.9. The van der Waals surface area contributed by atoms with Gasteiger partial charge < -0.3 is 24.7 Å². The Kier molecular flexibility index (Phi) is 12.5. The van der Waals surface area contributed by atoms with E-state index < -0.39 is 12.0 Å². The molecule has 0 fully saturated rings. The predicted molar refractivity (Wildman–Crippen MR) is 172 cm³/mol. The van der Waals surface area contributed by atoms with Crippen molar-refractivity contribution in [2.24, 2.45) is 0 Å². The third-order valence-electron chi connectivity index (χ3n) is 6.43. The summed E-state index contributed by atoms with van der Waals surface area (Å²) in [4.78, 5) is 0. The van der Waals surface area contributed by atoms with E-state index in [-0.39, 0.29) is 0 Å². The third kappa shape index (κ3) is 10.1. The fraction of sp³-hybridized carbons (Fsp3) is 0.250. The maximum atomic E-state index is 6.57. The predicted octanol–water partition coefficient (Wildman–Crippen LogP) is 7.82. The molecule has 0 spiro atoms. The molecule has 4 rings (SSSR count). The van der Waals surface area contributed by atoms with Gasteiger partial charge in [-0.05, 0) is 60.4 Å². The first kappa shape index (κ1) is 31.0. The Hall–Kier alpha value is -2.93. The second-order valence-corrected chi connectivity index (χ2v) is 10.4. The Morgan fingerprint density at radius 2 is 1.02 bits per heavy atom. The third-order valence-corrected chi connectivity index (χ3v) is 7.25. The van der Waals surface area contributed by atoms with Crippen LogP contribution < -0.4 is 10.6 Å². The van der Waals surface area contributed by atoms with Crippen molar-refractivity contribution in [1.29, 1.82) is 0 Å². The van der Waals surface area contributed by atoms with Crippen LogP contribution in [0.3, 0.4) is 0 Å². The van der Waals surface area contributed by atoms with Gasteiger partial charge in [0.2, 0.25) is 0 Å². The second kappa shape index (κ2) is 16.5. The number of nitrogens with one attached hydrogen (secondary N) is 2. The molecule has 0 aliphatic heterocycles. The lowest BCUT2D eigenvalue weighted by atomic mass is 9.80. The molecule has 2 radical (unpaired) electrons. The Morgan fingerprint density at radius 1 is 0.610 bits per heavy atom. The summed E-state index contributed by atoms with van der Waals surface area (Å²) < 4.78 is 18.5. The summed E-state index contributed by atoms with van der Waals surface area (Å²) in [7, 11) is 3.48. The van der Waals surface area contributed by atoms with E-state index in [4.69, 9.17) is 37.2 Å². The van der Waals surface area contributed by atoms with Crippen LogP contribution in [-0.4, -0.2) is 41.3 Å². The number of halogens is 2. The molecule has 0 saturated heterocycles. The Bertz CT molecular complexity index is 1250. The van der Waals surface area contributed by atoms with Crippen LogP contribution >= 0.6 is 23.2 Å². The minimum Gasteiger partial charge on any atom is -0.435 e. The van der Waals surface area contributed by atoms with Crippen LogP contribution in [0, 0.1) is 13.8 Å². The van der Waals surface area contributed by atoms with Gasteiger partial charge >= 0.3 is 15.0 Å². The van der Waals surface area contributed by atoms with E-state index >= 15 is 0 Å². The average molecular weight is 587 g/mol. The molecular formula is C32H34B2Cl2N2O3. The highest BCUT2D eigenvalue weighted by Gasteiger charge is 2.23. The van der Waals surface area contributed by atoms with Gasteiger partial charge in [0.25, 0.3) is 0 Å². The Morgan fingerprint density at radius 3 is 1.41 bits per heavy atom. The largest absolute Gasteiger partial charge is 0.435 e. The minimum absolute atomic E-state index is 0.414. The first-order valence-electron chi connectivity index (χ1n) is 13.6. The van der Waals surface area contributed by atoms with Crippen molar-refractivity contribution in [3.8, 4) is 0 Å². The topological polar surface area (TPSA) is 51.8 Å². The zero-order valence-electron chi connectivity index (χ0n) is 23.4. The molecule has 0 heterocycles. The van der Waals surface area contributed by atoms with Crippen molar-refractivity contribution >= 4 is 49.5 Å². The van der Waals surface area contributed by atoms with Gasteiger partial charge in [-0.1, -0.05) is 96.0 Å². The van der Waals surface area contributed by atoms with Crippen LogP contribution in [-0.2, 0) is 14.0 Å². The number of anilines is 2. The quantitative estimate of drug-likeness (QED) is 0.104. The molecule has 0 aliphatic carbocycles. The van der Waals surface area contributed by atoms with Crippen molar-refractivity contribution in [3.63, 3.8) is 0 Å². The fourth-order valence-electron chi connectivity index (χ4n) is 4.05. The molecule has 210 valence electrons. The number of aryl methyl sites for hydroxylation is 2. The first-order chi connectivity index (χ1) is 20.0. The summed E-state index contributed by atoms with van der Waals surface area (Å²) in [6, 6.07) is 31.0. The summed E-state index contributed by atoms with van der Waals surface area (Å²) in [5.74, 6) is 0. The maximum absolute atomic E-state index is 6.57. The van der Waals surface area contributed by atoms with Gasteiger partial charge in [0.1, 0.15) is 0 Å². The first-order valence-corrected chi connectivity index (χ1v) is 14.4. The van der Waals surface area contributed by atoms with Gasteiger partial charge in [-0.3, -0.25) is 0 Å². The highest BCUT2D eigenvalue weighted by atomic mass is 35.5. The van der Waals surface area contributed by atoms with E-state index in [1.807, 2.05) is 111 Å². The number of hydrogen-bond donors (Lipinski definition) is 2. The summed E-state index contributed by atoms with van der Waals surface area (Å²) in [5.41, 5.74) is 5.97. The Balaban J connectivity index is 1.32. The standard InChI is InChI=1S/C32H34B2Cl2N2O3/c1-23-13-15-27(21-29(23)35)37-17-19-39-33-31(25-9-5-3-6-10-25)41-32(26-11-7-4-8-12-26)34-40-20-18-38-28-16-14-24(2)30(36)22-28/h3-16,21-22,31-32,37-38H,17-20H2,1-2H3. The van der Waals surface area contributed by atoms with Crippen molar-refractivity contribution in [1.82, 2.24) is 0 Å². The van der Waals surface area contributed by atoms with Gasteiger partial charge in [0.15, 0.2) is 0 Å². The van der Waals surface area contributed by atoms with Gasteiger partial charge in [0, 0.05) is 47.7 Å². The van der Waals surface area contributed by atoms with E-state index in [1.54, 1.807) is 15.0 Å². The summed E-state index contributed by atoms with van der Waals surface area (Å²) >= 11 is 12.5. The molecular weight excluding hydrogens is 553 g/mol. The lowest BCUT2D eigenvalue weighted by Crippen LogP contribution is -2.25. The zero-order chi connectivity index (χ0) is 28.9. The van der Waals surface area contributed by atoms with Gasteiger partial charge in [-0.15, -0.1) is 0 Å². The lowest BCUT2D eigenvalue weighted by Gasteiger charge is -2.24. The summed E-state index contributed by atoms with van der Waals surface area (Å²) in [6.07, 6.45) is 0. The summed E-state index contributed by atoms with van der Waals surface area (Å²) in [5, 5.41) is 8.15. The number of benzene rings is 4. The van der Waals surface area contributed by atoms with Crippen LogP contribution in [0.25, 0.3) is 0 Å². The van der Waals surface area contributed by atoms with Crippen molar-refractivity contribution < 1.29 is 14.0 Å². The highest BCUT2D eigenvalue weighted by Crippen LogP contribution is 2.26. The molecule has 0 bridgehead atoms. The highest BCUT2D eigenvalue weighted by molar-refractivity contribution is 6.32. The Labute approximate surface area is 255 Å². The molecule has 2 unspecified atom stereocenters. The molecule has 0 aliphatic rings. The molecule has 0 saturated carbocycles. The molecule has 5 nitrogen and oxygen atoms in total. The van der Waals surface area contributed by atoms with E-state index in [0.29, 0.717) is 26.3 Å².